The monoisotopic (exact) mass is 438 g/mol. The minimum absolute atomic E-state index is 0.737. The molecule has 0 aromatic heterocycles. The Labute approximate surface area is 135 Å². The highest BCUT2D eigenvalue weighted by atomic mass is 79.9. The molecule has 9 heteroatoms. The van der Waals surface area contributed by atoms with Crippen LogP contribution in [0.2, 0.25) is 12.1 Å². The molecule has 0 saturated heterocycles. The summed E-state index contributed by atoms with van der Waals surface area (Å²) in [6.45, 7) is 0. The van der Waals surface area contributed by atoms with Gasteiger partial charge in [0.05, 0.1) is 0 Å². The third kappa shape index (κ3) is 6.66. The lowest BCUT2D eigenvalue weighted by molar-refractivity contribution is 0.0865. The molecule has 0 heterocycles. The van der Waals surface area contributed by atoms with E-state index in [1.807, 2.05) is 0 Å². The first-order valence-electron chi connectivity index (χ1n) is 6.10. The Kier molecular flexibility index (Phi) is 11.5. The van der Waals surface area contributed by atoms with Crippen molar-refractivity contribution >= 4 is 49.5 Å². The topological polar surface area (TPSA) is 46.2 Å². The van der Waals surface area contributed by atoms with Gasteiger partial charge in [-0.3, -0.25) is 0 Å². The Morgan fingerprint density at radius 1 is 0.684 bits per heavy atom. The molecule has 0 aliphatic carbocycles. The number of hydrogen-bond donors (Lipinski definition) is 0. The quantitative estimate of drug-likeness (QED) is 0.345. The minimum atomic E-state index is -2.73. The Morgan fingerprint density at radius 2 is 1.00 bits per heavy atom. The van der Waals surface area contributed by atoms with Gasteiger partial charge in [-0.1, -0.05) is 31.9 Å². The summed E-state index contributed by atoms with van der Waals surface area (Å²) in [6.07, 6.45) is 1.84. The lowest BCUT2D eigenvalue weighted by Gasteiger charge is -2.35. The highest BCUT2D eigenvalue weighted by Crippen LogP contribution is 2.26. The summed E-state index contributed by atoms with van der Waals surface area (Å²) in [7, 11) is 1.05. The first kappa shape index (κ1) is 20.2. The lowest BCUT2D eigenvalue weighted by atomic mass is 10.6. The third-order valence-corrected chi connectivity index (χ3v) is 10.8. The fraction of sp³-hybridized carbons (Fsp3) is 1.00. The maximum absolute atomic E-state index is 6.17. The van der Waals surface area contributed by atoms with E-state index in [0.29, 0.717) is 0 Å². The van der Waals surface area contributed by atoms with Crippen molar-refractivity contribution in [3.05, 3.63) is 0 Å². The van der Waals surface area contributed by atoms with Gasteiger partial charge in [0.15, 0.2) is 0 Å². The van der Waals surface area contributed by atoms with Crippen molar-refractivity contribution < 1.29 is 21.8 Å². The lowest BCUT2D eigenvalue weighted by Crippen LogP contribution is -2.57. The van der Waals surface area contributed by atoms with Gasteiger partial charge in [0.1, 0.15) is 0 Å². The van der Waals surface area contributed by atoms with Crippen LogP contribution < -0.4 is 0 Å². The number of alkyl halides is 2. The molecule has 0 unspecified atom stereocenters. The third-order valence-electron chi connectivity index (χ3n) is 2.79. The Morgan fingerprint density at radius 3 is 1.21 bits per heavy atom. The molecular formula is C10H24Br2O5Si2. The SMILES string of the molecule is CO[Si](CCCBr)(OC)O[Si](CCCBr)(OC)OC. The molecule has 0 aliphatic heterocycles. The highest BCUT2D eigenvalue weighted by Gasteiger charge is 2.51. The zero-order chi connectivity index (χ0) is 14.8. The van der Waals surface area contributed by atoms with E-state index in [9.17, 15) is 0 Å². The second-order valence-corrected chi connectivity index (χ2v) is 11.6. The normalized spacial score (nSPS) is 12.9. The molecule has 0 radical (unpaired) electrons. The van der Waals surface area contributed by atoms with Gasteiger partial charge in [0, 0.05) is 51.2 Å². The summed E-state index contributed by atoms with van der Waals surface area (Å²) in [5.74, 6) is 0. The number of rotatable bonds is 12. The van der Waals surface area contributed by atoms with Crippen molar-refractivity contribution in [3.8, 4) is 0 Å². The van der Waals surface area contributed by atoms with Crippen molar-refractivity contribution in [2.24, 2.45) is 0 Å². The van der Waals surface area contributed by atoms with Gasteiger partial charge in [-0.25, -0.2) is 0 Å². The zero-order valence-electron chi connectivity index (χ0n) is 12.0. The Balaban J connectivity index is 4.90. The molecule has 19 heavy (non-hydrogen) atoms. The number of halogens is 2. The largest absolute Gasteiger partial charge is 0.493 e. The predicted octanol–water partition coefficient (Wildman–Crippen LogP) is 3.04. The van der Waals surface area contributed by atoms with E-state index in [1.54, 1.807) is 28.4 Å². The fourth-order valence-electron chi connectivity index (χ4n) is 1.65. The molecule has 116 valence electrons. The molecule has 0 rings (SSSR count). The van der Waals surface area contributed by atoms with Crippen LogP contribution in [0, 0.1) is 0 Å². The standard InChI is InChI=1S/C10H24Br2O5Si2/c1-13-18(14-2,9-5-7-11)17-19(15-3,16-4)10-6-8-12/h5-10H2,1-4H3. The van der Waals surface area contributed by atoms with Crippen molar-refractivity contribution in [1.29, 1.82) is 0 Å². The van der Waals surface area contributed by atoms with Crippen LogP contribution in [-0.4, -0.2) is 56.7 Å². The predicted molar refractivity (Wildman–Crippen MR) is 87.1 cm³/mol. The van der Waals surface area contributed by atoms with E-state index in [4.69, 9.17) is 21.8 Å². The number of hydrogen-bond acceptors (Lipinski definition) is 5. The van der Waals surface area contributed by atoms with Gasteiger partial charge in [-0.15, -0.1) is 0 Å². The second-order valence-electron chi connectivity index (χ2n) is 3.87. The van der Waals surface area contributed by atoms with Gasteiger partial charge < -0.3 is 21.8 Å². The van der Waals surface area contributed by atoms with Crippen molar-refractivity contribution in [3.63, 3.8) is 0 Å². The van der Waals surface area contributed by atoms with Crippen LogP contribution in [0.1, 0.15) is 12.8 Å². The van der Waals surface area contributed by atoms with Crippen LogP contribution in [0.15, 0.2) is 0 Å². The van der Waals surface area contributed by atoms with Crippen molar-refractivity contribution in [1.82, 2.24) is 0 Å². The maximum Gasteiger partial charge on any atom is 0.493 e. The Bertz CT molecular complexity index is 206. The van der Waals surface area contributed by atoms with Crippen LogP contribution in [0.5, 0.6) is 0 Å². The molecule has 0 spiro atoms. The van der Waals surface area contributed by atoms with Crippen LogP contribution in [0.25, 0.3) is 0 Å². The molecule has 0 atom stereocenters. The first-order valence-corrected chi connectivity index (χ1v) is 12.2. The van der Waals surface area contributed by atoms with E-state index < -0.39 is 17.6 Å². The van der Waals surface area contributed by atoms with E-state index in [2.05, 4.69) is 31.9 Å². The first-order chi connectivity index (χ1) is 9.07. The molecule has 0 aliphatic rings. The molecule has 0 fully saturated rings. The second kappa shape index (κ2) is 10.9. The molecule has 0 amide bonds. The molecule has 0 aromatic carbocycles. The van der Waals surface area contributed by atoms with Crippen LogP contribution in [0.3, 0.4) is 0 Å². The molecule has 0 saturated carbocycles. The molecule has 0 bridgehead atoms. The van der Waals surface area contributed by atoms with Crippen LogP contribution in [-0.2, 0) is 21.8 Å². The van der Waals surface area contributed by atoms with Crippen LogP contribution >= 0.6 is 31.9 Å². The van der Waals surface area contributed by atoms with Gasteiger partial charge >= 0.3 is 17.6 Å². The van der Waals surface area contributed by atoms with E-state index >= 15 is 0 Å². The highest BCUT2D eigenvalue weighted by molar-refractivity contribution is 9.09. The molecular weight excluding hydrogens is 416 g/mol. The van der Waals surface area contributed by atoms with Crippen molar-refractivity contribution in [2.75, 3.05) is 39.1 Å². The summed E-state index contributed by atoms with van der Waals surface area (Å²) in [5.41, 5.74) is 0. The van der Waals surface area contributed by atoms with Crippen LogP contribution in [0.4, 0.5) is 0 Å². The van der Waals surface area contributed by atoms with Gasteiger partial charge in [-0.2, -0.15) is 0 Å². The van der Waals surface area contributed by atoms with Crippen molar-refractivity contribution in [2.45, 2.75) is 24.9 Å². The summed E-state index contributed by atoms with van der Waals surface area (Å²) >= 11 is 6.83. The Hall–Kier alpha value is 1.19. The fourth-order valence-corrected chi connectivity index (χ4v) is 9.66. The zero-order valence-corrected chi connectivity index (χ0v) is 17.2. The summed E-state index contributed by atoms with van der Waals surface area (Å²) in [4.78, 5) is 0. The van der Waals surface area contributed by atoms with E-state index in [0.717, 1.165) is 35.6 Å². The summed E-state index contributed by atoms with van der Waals surface area (Å²) < 4.78 is 28.4. The summed E-state index contributed by atoms with van der Waals surface area (Å²) in [5, 5.41) is 1.77. The smallest absolute Gasteiger partial charge is 0.377 e. The molecule has 0 N–H and O–H groups in total. The molecule has 0 aromatic rings. The molecule has 5 nitrogen and oxygen atoms in total. The van der Waals surface area contributed by atoms with Gasteiger partial charge in [0.25, 0.3) is 0 Å². The van der Waals surface area contributed by atoms with E-state index in [-0.39, 0.29) is 0 Å². The average molecular weight is 440 g/mol. The van der Waals surface area contributed by atoms with Gasteiger partial charge in [-0.05, 0) is 12.8 Å². The average Bonchev–Trinajstić information content (AvgIpc) is 2.48. The maximum atomic E-state index is 6.17. The van der Waals surface area contributed by atoms with Gasteiger partial charge in [0.2, 0.25) is 0 Å². The van der Waals surface area contributed by atoms with E-state index in [1.165, 1.54) is 0 Å². The minimum Gasteiger partial charge on any atom is -0.377 e. The summed E-state index contributed by atoms with van der Waals surface area (Å²) in [6, 6.07) is 1.47.